The summed E-state index contributed by atoms with van der Waals surface area (Å²) in [5.41, 5.74) is -1.45. The number of nitrogens with zero attached hydrogens (tertiary/aromatic N) is 6. The summed E-state index contributed by atoms with van der Waals surface area (Å²) in [7, 11) is 1.60. The maximum absolute atomic E-state index is 13.6. The van der Waals surface area contributed by atoms with E-state index in [1.165, 1.54) is 44.0 Å². The van der Waals surface area contributed by atoms with Crippen LogP contribution in [0.1, 0.15) is 68.9 Å². The molecule has 4 amide bonds. The first-order chi connectivity index (χ1) is 30.7. The van der Waals surface area contributed by atoms with Crippen LogP contribution in [-0.2, 0) is 47.2 Å². The van der Waals surface area contributed by atoms with E-state index in [-0.39, 0.29) is 90.3 Å². The highest BCUT2D eigenvalue weighted by molar-refractivity contribution is 7.44. The van der Waals surface area contributed by atoms with Gasteiger partial charge in [0.05, 0.1) is 32.5 Å². The van der Waals surface area contributed by atoms with Gasteiger partial charge in [0.1, 0.15) is 18.3 Å². The second-order valence-electron chi connectivity index (χ2n) is 15.7. The summed E-state index contributed by atoms with van der Waals surface area (Å²) < 4.78 is 127. The zero-order valence-electron chi connectivity index (χ0n) is 39.2. The molecule has 1 aliphatic heterocycles. The highest BCUT2D eigenvalue weighted by Gasteiger charge is 2.48. The van der Waals surface area contributed by atoms with Crippen molar-refractivity contribution in [2.75, 3.05) is 86.9 Å². The maximum atomic E-state index is 13.6. The fourth-order valence-corrected chi connectivity index (χ4v) is 8.42. The molecule has 0 spiro atoms. The third-order valence-electron chi connectivity index (χ3n) is 9.94. The van der Waals surface area contributed by atoms with E-state index in [1.54, 1.807) is 0 Å². The number of carbonyl (C=O) groups excluding carboxylic acids is 4. The van der Waals surface area contributed by atoms with E-state index >= 15 is 0 Å². The number of aromatic nitrogens is 2. The Morgan fingerprint density at radius 3 is 1.83 bits per heavy atom. The van der Waals surface area contributed by atoms with Crippen LogP contribution in [0.4, 0.5) is 26.3 Å². The standard InChI is InChI=1S/C39H64F6N7O12P/c1-25(2)52(26(3)4)65(64-32-27(5)62-34(33(32)59-10)51-18-13-31(55)46-37(51)58)63-30(23-60-21-19-49(29(7)54)16-12-15-48(9)35(56)38(40,41)42)24-61-22-20-50(36(57)39(43,44)45)17-11-14-47(8)28(6)53/h13,18,25-27,30,32-34H,11-12,14-17,19-24H2,1-10H3,(H,46,55,58)/t27-,30?,32?,33+,34-,65?/m1/s1/i5D. The van der Waals surface area contributed by atoms with Crippen molar-refractivity contribution in [1.82, 2.24) is 33.8 Å². The number of aromatic amines is 1. The summed E-state index contributed by atoms with van der Waals surface area (Å²) in [6.07, 6.45) is -14.2. The number of carbonyl (C=O) groups is 4. The first-order valence-electron chi connectivity index (χ1n) is 21.5. The number of nitrogens with one attached hydrogen (secondary N) is 1. The Morgan fingerprint density at radius 2 is 1.35 bits per heavy atom. The van der Waals surface area contributed by atoms with Crippen molar-refractivity contribution >= 4 is 32.2 Å². The molecule has 374 valence electrons. The largest absolute Gasteiger partial charge is 0.471 e. The molecule has 65 heavy (non-hydrogen) atoms. The van der Waals surface area contributed by atoms with Crippen LogP contribution in [-0.4, -0.2) is 193 Å². The minimum Gasteiger partial charge on any atom is -0.377 e. The van der Waals surface area contributed by atoms with Gasteiger partial charge in [-0.2, -0.15) is 26.3 Å². The number of halogens is 6. The van der Waals surface area contributed by atoms with Crippen LogP contribution in [0, 0.1) is 0 Å². The summed E-state index contributed by atoms with van der Waals surface area (Å²) >= 11 is 0. The van der Waals surface area contributed by atoms with Crippen LogP contribution in [0.2, 0.25) is 0 Å². The number of alkyl halides is 6. The van der Waals surface area contributed by atoms with Crippen molar-refractivity contribution in [2.45, 2.75) is 116 Å². The summed E-state index contributed by atoms with van der Waals surface area (Å²) in [6, 6.07) is 0.599. The van der Waals surface area contributed by atoms with Gasteiger partial charge >= 0.3 is 29.9 Å². The molecule has 0 aliphatic carbocycles. The topological polar surface area (TPSA) is 195 Å². The summed E-state index contributed by atoms with van der Waals surface area (Å²) in [5.74, 6) is -4.86. The molecule has 1 fully saturated rings. The van der Waals surface area contributed by atoms with Crippen molar-refractivity contribution in [2.24, 2.45) is 0 Å². The zero-order chi connectivity index (χ0) is 50.1. The summed E-state index contributed by atoms with van der Waals surface area (Å²) in [5, 5.41) is 0. The number of rotatable bonds is 27. The van der Waals surface area contributed by atoms with Crippen LogP contribution >= 0.6 is 8.53 Å². The number of hydrogen-bond acceptors (Lipinski definition) is 13. The molecule has 0 bridgehead atoms. The Morgan fingerprint density at radius 1 is 0.815 bits per heavy atom. The minimum absolute atomic E-state index is 0.0141. The Balaban J connectivity index is 2.40. The van der Waals surface area contributed by atoms with E-state index in [0.29, 0.717) is 9.80 Å². The zero-order valence-corrected chi connectivity index (χ0v) is 39.1. The highest BCUT2D eigenvalue weighted by atomic mass is 31.2. The van der Waals surface area contributed by atoms with Crippen LogP contribution in [0.3, 0.4) is 0 Å². The monoisotopic (exact) mass is 968 g/mol. The van der Waals surface area contributed by atoms with Gasteiger partial charge in [0.15, 0.2) is 6.23 Å². The van der Waals surface area contributed by atoms with Gasteiger partial charge in [-0.1, -0.05) is 0 Å². The second-order valence-corrected chi connectivity index (χ2v) is 17.1. The fraction of sp³-hybridized carbons (Fsp3) is 0.795. The van der Waals surface area contributed by atoms with E-state index < -0.39 is 93.6 Å². The van der Waals surface area contributed by atoms with Gasteiger partial charge < -0.3 is 47.6 Å². The van der Waals surface area contributed by atoms with Crippen molar-refractivity contribution < 1.29 is 74.9 Å². The molecular weight excluding hydrogens is 903 g/mol. The Bertz CT molecular complexity index is 1810. The van der Waals surface area contributed by atoms with Gasteiger partial charge in [0.2, 0.25) is 11.8 Å². The first kappa shape index (κ1) is 55.6. The number of methoxy groups -OCH3 is 1. The molecule has 1 aliphatic rings. The molecule has 0 saturated carbocycles. The number of amides is 4. The minimum atomic E-state index is -5.19. The predicted octanol–water partition coefficient (Wildman–Crippen LogP) is 3.14. The van der Waals surface area contributed by atoms with E-state index in [9.17, 15) is 55.1 Å². The van der Waals surface area contributed by atoms with Crippen LogP contribution < -0.4 is 11.2 Å². The second kappa shape index (κ2) is 26.6. The third kappa shape index (κ3) is 18.5. The lowest BCUT2D eigenvalue weighted by Crippen LogP contribution is -2.44. The Kier molecular flexibility index (Phi) is 22.7. The van der Waals surface area contributed by atoms with Gasteiger partial charge in [-0.3, -0.25) is 33.5 Å². The van der Waals surface area contributed by atoms with Crippen LogP contribution in [0.25, 0.3) is 0 Å². The Hall–Kier alpha value is -3.71. The maximum Gasteiger partial charge on any atom is 0.471 e. The highest BCUT2D eigenvalue weighted by Crippen LogP contribution is 2.51. The normalized spacial score (nSPS) is 19.1. The van der Waals surface area contributed by atoms with Crippen molar-refractivity contribution in [1.29, 1.82) is 0 Å². The molecule has 1 N–H and O–H groups in total. The SMILES string of the molecule is [2H]C[C@H]1O[C@@H](n2ccc(=O)[nH]c2=O)[C@@H](OC)C1OP(OC(COCCN(CCCN(C)C(=O)C(F)(F)F)C(C)=O)COCCN(CCCN(C)C(C)=O)C(=O)C(F)(F)F)N(C(C)C)C(C)C. The van der Waals surface area contributed by atoms with E-state index in [1.807, 2.05) is 32.4 Å². The lowest BCUT2D eigenvalue weighted by atomic mass is 10.1. The number of ether oxygens (including phenoxy) is 4. The lowest BCUT2D eigenvalue weighted by Gasteiger charge is -2.39. The molecule has 2 rings (SSSR count). The lowest BCUT2D eigenvalue weighted by molar-refractivity contribution is -0.186. The average molecular weight is 969 g/mol. The quantitative estimate of drug-likeness (QED) is 0.0769. The molecule has 26 heteroatoms. The summed E-state index contributed by atoms with van der Waals surface area (Å²) in [4.78, 5) is 78.4. The first-order valence-corrected chi connectivity index (χ1v) is 21.9. The van der Waals surface area contributed by atoms with Gasteiger partial charge in [-0.05, 0) is 47.4 Å². The van der Waals surface area contributed by atoms with Gasteiger partial charge in [-0.25, -0.2) is 9.46 Å². The molecule has 1 saturated heterocycles. The predicted molar refractivity (Wildman–Crippen MR) is 223 cm³/mol. The van der Waals surface area contributed by atoms with E-state index in [4.69, 9.17) is 29.4 Å². The smallest absolute Gasteiger partial charge is 0.377 e. The molecule has 1 aromatic rings. The van der Waals surface area contributed by atoms with Crippen LogP contribution in [0.15, 0.2) is 21.9 Å². The Labute approximate surface area is 376 Å². The molecule has 2 heterocycles. The van der Waals surface area contributed by atoms with Gasteiger partial charge in [0, 0.05) is 100 Å². The molecule has 19 nitrogen and oxygen atoms in total. The van der Waals surface area contributed by atoms with Crippen molar-refractivity contribution in [3.63, 3.8) is 0 Å². The van der Waals surface area contributed by atoms with Gasteiger partial charge in [-0.15, -0.1) is 0 Å². The van der Waals surface area contributed by atoms with Gasteiger partial charge in [0.25, 0.3) is 14.1 Å². The van der Waals surface area contributed by atoms with E-state index in [0.717, 1.165) is 17.7 Å². The van der Waals surface area contributed by atoms with Crippen molar-refractivity contribution in [3.8, 4) is 0 Å². The fourth-order valence-electron chi connectivity index (χ4n) is 6.56. The molecule has 0 radical (unpaired) electrons. The summed E-state index contributed by atoms with van der Waals surface area (Å²) in [6.45, 7) is 7.42. The molecule has 6 atom stereocenters. The number of H-pyrrole nitrogens is 1. The third-order valence-corrected chi connectivity index (χ3v) is 12.1. The molecule has 0 aromatic carbocycles. The van der Waals surface area contributed by atoms with E-state index in [2.05, 4.69) is 4.98 Å². The average Bonchev–Trinajstić information content (AvgIpc) is 3.56. The molecular formula is C39H64F6N7O12P. The number of hydrogen-bond donors (Lipinski definition) is 1. The van der Waals surface area contributed by atoms with Crippen molar-refractivity contribution in [3.05, 3.63) is 33.1 Å². The molecule has 1 aromatic heterocycles. The molecule has 3 unspecified atom stereocenters. The van der Waals surface area contributed by atoms with Crippen LogP contribution in [0.5, 0.6) is 0 Å².